The number of pyridine rings is 1. The van der Waals surface area contributed by atoms with Gasteiger partial charge in [-0.3, -0.25) is 0 Å². The predicted molar refractivity (Wildman–Crippen MR) is 170 cm³/mol. The molecule has 1 aliphatic carbocycles. The molecule has 250 valence electrons. The number of hydrogen-bond acceptors (Lipinski definition) is 8. The largest absolute Gasteiger partial charge is 0.491 e. The first-order valence-corrected chi connectivity index (χ1v) is 16.3. The first-order valence-electron chi connectivity index (χ1n) is 14.9. The van der Waals surface area contributed by atoms with Crippen molar-refractivity contribution in [3.63, 3.8) is 0 Å². The van der Waals surface area contributed by atoms with Crippen LogP contribution in [0.25, 0.3) is 27.8 Å². The van der Waals surface area contributed by atoms with Gasteiger partial charge in [0, 0.05) is 29.6 Å². The molecule has 0 spiro atoms. The highest BCUT2D eigenvalue weighted by Crippen LogP contribution is 2.38. The number of imidazole rings is 1. The molecule has 3 N–H and O–H groups in total. The minimum atomic E-state index is -5.08. The van der Waals surface area contributed by atoms with E-state index < -0.39 is 22.2 Å². The Kier molecular flexibility index (Phi) is 10.0. The van der Waals surface area contributed by atoms with E-state index >= 15 is 0 Å². The number of halogens is 3. The van der Waals surface area contributed by atoms with E-state index in [0.717, 1.165) is 36.8 Å². The van der Waals surface area contributed by atoms with Crippen molar-refractivity contribution in [3.05, 3.63) is 96.8 Å². The highest BCUT2D eigenvalue weighted by atomic mass is 32.2. The molecule has 1 fully saturated rings. The van der Waals surface area contributed by atoms with E-state index in [1.54, 1.807) is 55.1 Å². The maximum absolute atomic E-state index is 13.5. The van der Waals surface area contributed by atoms with Gasteiger partial charge in [0.25, 0.3) is 10.0 Å². The lowest BCUT2D eigenvalue weighted by Crippen LogP contribution is -2.21. The Hall–Kier alpha value is -5.36. The fraction of sp³-hybridized carbons (Fsp3) is 0.273. The van der Waals surface area contributed by atoms with E-state index in [2.05, 4.69) is 15.6 Å². The van der Waals surface area contributed by atoms with Crippen LogP contribution in [0.3, 0.4) is 0 Å². The SMILES string of the molecule is N#CCC1CCC(n2c(CO/C=C(\N)c3ccccc3)nc3cnc4c(ccn4S(=O)(=O)c4ccccc4)c32)CC1.O=C(O)C(F)(F)F. The first-order chi connectivity index (χ1) is 22.9. The molecular formula is C33H31F3N6O5S. The van der Waals surface area contributed by atoms with Gasteiger partial charge in [0.05, 0.1) is 28.4 Å². The molecule has 0 amide bonds. The van der Waals surface area contributed by atoms with E-state index in [0.29, 0.717) is 40.4 Å². The zero-order chi connectivity index (χ0) is 34.5. The minimum absolute atomic E-state index is 0.128. The number of nitriles is 1. The third kappa shape index (κ3) is 7.28. The number of rotatable bonds is 8. The molecule has 0 saturated heterocycles. The van der Waals surface area contributed by atoms with E-state index in [9.17, 15) is 26.9 Å². The molecule has 3 heterocycles. The third-order valence-electron chi connectivity index (χ3n) is 8.04. The Balaban J connectivity index is 0.000000582. The number of carboxylic acids is 1. The summed E-state index contributed by atoms with van der Waals surface area (Å²) in [6.07, 6.45) is 3.86. The van der Waals surface area contributed by atoms with Gasteiger partial charge in [0.1, 0.15) is 24.2 Å². The molecule has 3 aromatic heterocycles. The number of nitrogens with zero attached hydrogens (tertiary/aromatic N) is 5. The molecule has 11 nitrogen and oxygen atoms in total. The molecule has 6 rings (SSSR count). The van der Waals surface area contributed by atoms with Crippen molar-refractivity contribution in [3.8, 4) is 6.07 Å². The van der Waals surface area contributed by atoms with Gasteiger partial charge in [-0.15, -0.1) is 0 Å². The highest BCUT2D eigenvalue weighted by molar-refractivity contribution is 7.90. The second-order valence-corrected chi connectivity index (χ2v) is 13.0. The number of aliphatic carboxylic acids is 1. The molecule has 48 heavy (non-hydrogen) atoms. The zero-order valence-electron chi connectivity index (χ0n) is 25.4. The van der Waals surface area contributed by atoms with Crippen LogP contribution in [-0.2, 0) is 26.2 Å². The van der Waals surface area contributed by atoms with Crippen LogP contribution in [-0.4, -0.2) is 44.2 Å². The average Bonchev–Trinajstić information content (AvgIpc) is 3.68. The number of carbonyl (C=O) groups is 1. The molecule has 1 saturated carbocycles. The van der Waals surface area contributed by atoms with Gasteiger partial charge in [-0.25, -0.2) is 27.2 Å². The molecule has 0 radical (unpaired) electrons. The van der Waals surface area contributed by atoms with Crippen LogP contribution in [0.4, 0.5) is 13.2 Å². The summed E-state index contributed by atoms with van der Waals surface area (Å²) >= 11 is 0. The molecule has 0 atom stereocenters. The Labute approximate surface area is 273 Å². The van der Waals surface area contributed by atoms with Crippen LogP contribution in [0.15, 0.2) is 90.3 Å². The number of ether oxygens (including phenoxy) is 1. The molecule has 0 bridgehead atoms. The number of fused-ring (bicyclic) bond motifs is 3. The molecule has 0 aliphatic heterocycles. The summed E-state index contributed by atoms with van der Waals surface area (Å²) < 4.78 is 68.1. The second-order valence-electron chi connectivity index (χ2n) is 11.1. The number of benzene rings is 2. The summed E-state index contributed by atoms with van der Waals surface area (Å²) in [5, 5.41) is 17.0. The molecule has 15 heteroatoms. The lowest BCUT2D eigenvalue weighted by atomic mass is 9.84. The molecular weight excluding hydrogens is 649 g/mol. The number of nitrogens with two attached hydrogens (primary N) is 1. The van der Waals surface area contributed by atoms with Crippen molar-refractivity contribution in [1.82, 2.24) is 18.5 Å². The monoisotopic (exact) mass is 680 g/mol. The van der Waals surface area contributed by atoms with E-state index in [-0.39, 0.29) is 17.5 Å². The van der Waals surface area contributed by atoms with Gasteiger partial charge in [-0.1, -0.05) is 48.5 Å². The Morgan fingerprint density at radius 2 is 1.69 bits per heavy atom. The Morgan fingerprint density at radius 3 is 2.29 bits per heavy atom. The van der Waals surface area contributed by atoms with E-state index in [1.807, 2.05) is 30.3 Å². The molecule has 0 unspecified atom stereocenters. The van der Waals surface area contributed by atoms with Gasteiger partial charge in [0.2, 0.25) is 0 Å². The van der Waals surface area contributed by atoms with Crippen molar-refractivity contribution in [1.29, 1.82) is 5.26 Å². The fourth-order valence-electron chi connectivity index (χ4n) is 5.73. The highest BCUT2D eigenvalue weighted by Gasteiger charge is 2.38. The zero-order valence-corrected chi connectivity index (χ0v) is 26.2. The fourth-order valence-corrected chi connectivity index (χ4v) is 7.05. The lowest BCUT2D eigenvalue weighted by molar-refractivity contribution is -0.192. The minimum Gasteiger partial charge on any atom is -0.491 e. The number of carboxylic acid groups (broad SMARTS) is 1. The third-order valence-corrected chi connectivity index (χ3v) is 9.72. The first kappa shape index (κ1) is 34.0. The van der Waals surface area contributed by atoms with Gasteiger partial charge >= 0.3 is 12.1 Å². The summed E-state index contributed by atoms with van der Waals surface area (Å²) in [5.74, 6) is -1.65. The molecule has 2 aromatic carbocycles. The van der Waals surface area contributed by atoms with Gasteiger partial charge < -0.3 is 20.1 Å². The topological polar surface area (TPSA) is 166 Å². The van der Waals surface area contributed by atoms with Crippen LogP contribution in [0.1, 0.15) is 49.5 Å². The van der Waals surface area contributed by atoms with Crippen molar-refractivity contribution in [2.45, 2.75) is 55.8 Å². The van der Waals surface area contributed by atoms with Crippen molar-refractivity contribution in [2.75, 3.05) is 0 Å². The van der Waals surface area contributed by atoms with Crippen LogP contribution in [0, 0.1) is 17.2 Å². The van der Waals surface area contributed by atoms with Crippen LogP contribution >= 0.6 is 0 Å². The van der Waals surface area contributed by atoms with Gasteiger partial charge in [0.15, 0.2) is 5.65 Å². The van der Waals surface area contributed by atoms with Crippen LogP contribution in [0.5, 0.6) is 0 Å². The maximum Gasteiger partial charge on any atom is 0.490 e. The average molecular weight is 681 g/mol. The summed E-state index contributed by atoms with van der Waals surface area (Å²) in [4.78, 5) is 18.5. The van der Waals surface area contributed by atoms with Crippen LogP contribution < -0.4 is 5.73 Å². The summed E-state index contributed by atoms with van der Waals surface area (Å²) in [6, 6.07) is 22.2. The summed E-state index contributed by atoms with van der Waals surface area (Å²) in [5.41, 5.74) is 9.47. The van der Waals surface area contributed by atoms with Crippen molar-refractivity contribution in [2.24, 2.45) is 11.7 Å². The Morgan fingerprint density at radius 1 is 1.06 bits per heavy atom. The normalized spacial score (nSPS) is 17.0. The summed E-state index contributed by atoms with van der Waals surface area (Å²) in [7, 11) is -3.84. The van der Waals surface area contributed by atoms with Gasteiger partial charge in [-0.2, -0.15) is 18.4 Å². The van der Waals surface area contributed by atoms with Crippen molar-refractivity contribution < 1.29 is 36.2 Å². The number of hydrogen-bond donors (Lipinski definition) is 2. The molecule has 1 aliphatic rings. The quantitative estimate of drug-likeness (QED) is 0.177. The van der Waals surface area contributed by atoms with E-state index in [1.165, 1.54) is 3.97 Å². The molecule has 5 aromatic rings. The predicted octanol–water partition coefficient (Wildman–Crippen LogP) is 6.38. The van der Waals surface area contributed by atoms with E-state index in [4.69, 9.17) is 25.4 Å². The van der Waals surface area contributed by atoms with Crippen LogP contribution in [0.2, 0.25) is 0 Å². The van der Waals surface area contributed by atoms with Crippen molar-refractivity contribution >= 4 is 43.8 Å². The number of aromatic nitrogens is 4. The standard InChI is InChI=1S/C31H30N6O3S.C2HF3O2/c32-17-15-22-11-13-24(14-12-22)37-29(21-40-20-27(33)23-7-3-1-4-8-23)35-28-19-34-31-26(30(28)37)16-18-36(31)41(38,39)25-9-5-2-6-10-25;3-2(4,5)1(6)7/h1-10,16,18-20,22,24H,11-15,21,33H2;(H,6,7)/b27-20-;. The smallest absolute Gasteiger partial charge is 0.490 e. The number of alkyl halides is 3. The maximum atomic E-state index is 13.5. The second kappa shape index (κ2) is 14.2. The van der Waals surface area contributed by atoms with Gasteiger partial charge in [-0.05, 0) is 49.8 Å². The lowest BCUT2D eigenvalue weighted by Gasteiger charge is -2.29. The Bertz CT molecular complexity index is 2080. The summed E-state index contributed by atoms with van der Waals surface area (Å²) in [6.45, 7) is 0.185.